The monoisotopic (exact) mass is 482 g/mol. The van der Waals surface area contributed by atoms with Crippen LogP contribution in [0.25, 0.3) is 6.08 Å². The van der Waals surface area contributed by atoms with Crippen molar-refractivity contribution in [3.63, 3.8) is 0 Å². The predicted molar refractivity (Wildman–Crippen MR) is 133 cm³/mol. The SMILES string of the molecule is CCOc1cc(/C=C2/C(=N)N3N=C(C(C)C)SC3=NC2=O)ccc1OCc1ccccc1Cl. The topological polar surface area (TPSA) is 87.3 Å². The molecule has 0 saturated carbocycles. The van der Waals surface area contributed by atoms with Crippen LogP contribution in [0.1, 0.15) is 31.9 Å². The van der Waals surface area contributed by atoms with Crippen LogP contribution in [-0.2, 0) is 11.4 Å². The Morgan fingerprint density at radius 1 is 1.18 bits per heavy atom. The highest BCUT2D eigenvalue weighted by atomic mass is 35.5. The van der Waals surface area contributed by atoms with Crippen molar-refractivity contribution in [2.75, 3.05) is 6.61 Å². The lowest BCUT2D eigenvalue weighted by molar-refractivity contribution is -0.114. The van der Waals surface area contributed by atoms with Crippen LogP contribution in [0.4, 0.5) is 0 Å². The van der Waals surface area contributed by atoms with E-state index in [0.717, 1.165) is 10.6 Å². The van der Waals surface area contributed by atoms with Crippen molar-refractivity contribution in [2.24, 2.45) is 16.0 Å². The first-order valence-electron chi connectivity index (χ1n) is 10.5. The number of amidine groups is 2. The summed E-state index contributed by atoms with van der Waals surface area (Å²) in [5, 5.41) is 16.3. The summed E-state index contributed by atoms with van der Waals surface area (Å²) in [5.74, 6) is 0.827. The Bertz CT molecular complexity index is 1210. The first-order valence-corrected chi connectivity index (χ1v) is 11.7. The van der Waals surface area contributed by atoms with Crippen molar-refractivity contribution in [1.82, 2.24) is 5.01 Å². The van der Waals surface area contributed by atoms with Crippen LogP contribution in [0.15, 0.2) is 58.1 Å². The second kappa shape index (κ2) is 9.80. The summed E-state index contributed by atoms with van der Waals surface area (Å²) >= 11 is 7.55. The largest absolute Gasteiger partial charge is 0.490 e. The summed E-state index contributed by atoms with van der Waals surface area (Å²) in [6, 6.07) is 12.8. The number of ether oxygens (including phenoxy) is 2. The first kappa shape index (κ1) is 23.1. The Balaban J connectivity index is 1.59. The molecule has 0 aromatic heterocycles. The lowest BCUT2D eigenvalue weighted by Gasteiger charge is -2.20. The molecule has 0 radical (unpaired) electrons. The summed E-state index contributed by atoms with van der Waals surface area (Å²) in [4.78, 5) is 16.8. The van der Waals surface area contributed by atoms with Gasteiger partial charge in [0.25, 0.3) is 5.91 Å². The molecule has 2 heterocycles. The van der Waals surface area contributed by atoms with Gasteiger partial charge in [-0.15, -0.1) is 0 Å². The van der Waals surface area contributed by atoms with Gasteiger partial charge in [-0.25, -0.2) is 0 Å². The van der Waals surface area contributed by atoms with Crippen LogP contribution in [0.3, 0.4) is 0 Å². The Morgan fingerprint density at radius 2 is 1.97 bits per heavy atom. The Labute approximate surface area is 201 Å². The molecule has 2 aromatic rings. The van der Waals surface area contributed by atoms with Gasteiger partial charge >= 0.3 is 0 Å². The number of halogens is 1. The third-order valence-electron chi connectivity index (χ3n) is 4.88. The average molecular weight is 483 g/mol. The number of hydrogen-bond donors (Lipinski definition) is 1. The molecule has 0 aliphatic carbocycles. The van der Waals surface area contributed by atoms with Crippen molar-refractivity contribution >= 4 is 51.4 Å². The summed E-state index contributed by atoms with van der Waals surface area (Å²) in [7, 11) is 0. The van der Waals surface area contributed by atoms with Crippen LogP contribution in [-0.4, -0.2) is 33.6 Å². The van der Waals surface area contributed by atoms with Crippen LogP contribution in [0, 0.1) is 11.3 Å². The summed E-state index contributed by atoms with van der Waals surface area (Å²) in [6.07, 6.45) is 1.62. The van der Waals surface area contributed by atoms with Gasteiger partial charge in [0.15, 0.2) is 17.3 Å². The maximum atomic E-state index is 12.6. The van der Waals surface area contributed by atoms with Crippen molar-refractivity contribution in [3.05, 3.63) is 64.2 Å². The van der Waals surface area contributed by atoms with E-state index in [2.05, 4.69) is 10.1 Å². The number of aliphatic imine (C=N–C) groups is 1. The van der Waals surface area contributed by atoms with E-state index in [1.807, 2.05) is 45.0 Å². The highest BCUT2D eigenvalue weighted by Crippen LogP contribution is 2.33. The third kappa shape index (κ3) is 4.96. The zero-order chi connectivity index (χ0) is 23.5. The van der Waals surface area contributed by atoms with E-state index in [1.165, 1.54) is 16.8 Å². The number of carbonyl (C=O) groups excluding carboxylic acids is 1. The van der Waals surface area contributed by atoms with Gasteiger partial charge in [-0.3, -0.25) is 10.2 Å². The van der Waals surface area contributed by atoms with Crippen molar-refractivity contribution in [2.45, 2.75) is 27.4 Å². The molecule has 170 valence electrons. The highest BCUT2D eigenvalue weighted by Gasteiger charge is 2.36. The molecule has 33 heavy (non-hydrogen) atoms. The molecule has 0 atom stereocenters. The zero-order valence-electron chi connectivity index (χ0n) is 18.5. The van der Waals surface area contributed by atoms with Gasteiger partial charge in [0.2, 0.25) is 5.17 Å². The minimum Gasteiger partial charge on any atom is -0.490 e. The molecule has 2 aliphatic heterocycles. The summed E-state index contributed by atoms with van der Waals surface area (Å²) in [6.45, 7) is 6.65. The normalized spacial score (nSPS) is 16.8. The Morgan fingerprint density at radius 3 is 2.70 bits per heavy atom. The standard InChI is InChI=1S/C24H23ClN4O3S/c1-4-31-20-12-15(9-10-19(20)32-13-16-7-5-6-8-18(16)25)11-17-21(26)29-24(27-22(17)30)33-23(28-29)14(2)3/h5-12,14,26H,4,13H2,1-3H3/b17-11-,26-21?. The molecule has 0 saturated heterocycles. The summed E-state index contributed by atoms with van der Waals surface area (Å²) in [5.41, 5.74) is 1.73. The van der Waals surface area contributed by atoms with E-state index in [4.69, 9.17) is 26.5 Å². The van der Waals surface area contributed by atoms with Gasteiger partial charge in [-0.1, -0.05) is 49.7 Å². The number of amides is 1. The predicted octanol–water partition coefficient (Wildman–Crippen LogP) is 5.59. The van der Waals surface area contributed by atoms with Crippen LogP contribution in [0.2, 0.25) is 5.02 Å². The molecule has 2 aromatic carbocycles. The second-order valence-corrected chi connectivity index (χ2v) is 9.03. The first-order chi connectivity index (χ1) is 15.9. The fraction of sp³-hybridized carbons (Fsp3) is 0.250. The van der Waals surface area contributed by atoms with Crippen molar-refractivity contribution < 1.29 is 14.3 Å². The van der Waals surface area contributed by atoms with Gasteiger partial charge in [-0.05, 0) is 48.5 Å². The van der Waals surface area contributed by atoms with E-state index < -0.39 is 5.91 Å². The number of thioether (sulfide) groups is 1. The Hall–Kier alpha value is -3.10. The van der Waals surface area contributed by atoms with Crippen LogP contribution < -0.4 is 9.47 Å². The number of nitrogens with one attached hydrogen (secondary N) is 1. The fourth-order valence-electron chi connectivity index (χ4n) is 3.18. The lowest BCUT2D eigenvalue weighted by atomic mass is 10.1. The van der Waals surface area contributed by atoms with Crippen molar-refractivity contribution in [1.29, 1.82) is 5.41 Å². The smallest absolute Gasteiger partial charge is 0.283 e. The van der Waals surface area contributed by atoms with E-state index >= 15 is 0 Å². The van der Waals surface area contributed by atoms with Crippen molar-refractivity contribution in [3.8, 4) is 11.5 Å². The average Bonchev–Trinajstić information content (AvgIpc) is 3.22. The van der Waals surface area contributed by atoms with E-state index in [9.17, 15) is 4.79 Å². The number of hydrogen-bond acceptors (Lipinski definition) is 6. The van der Waals surface area contributed by atoms with Crippen LogP contribution in [0.5, 0.6) is 11.5 Å². The molecular formula is C24H23ClN4O3S. The number of benzene rings is 2. The molecule has 0 bridgehead atoms. The number of nitrogens with zero attached hydrogens (tertiary/aromatic N) is 3. The molecule has 0 spiro atoms. The van der Waals surface area contributed by atoms with Gasteiger partial charge in [0, 0.05) is 16.5 Å². The number of carbonyl (C=O) groups is 1. The Kier molecular flexibility index (Phi) is 6.85. The molecular weight excluding hydrogens is 460 g/mol. The maximum Gasteiger partial charge on any atom is 0.283 e. The summed E-state index contributed by atoms with van der Waals surface area (Å²) < 4.78 is 11.7. The van der Waals surface area contributed by atoms with E-state index in [1.54, 1.807) is 24.3 Å². The van der Waals surface area contributed by atoms with Gasteiger partial charge in [0.1, 0.15) is 11.7 Å². The van der Waals surface area contributed by atoms with Gasteiger partial charge in [-0.2, -0.15) is 15.1 Å². The molecule has 1 N–H and O–H groups in total. The third-order valence-corrected chi connectivity index (χ3v) is 6.46. The van der Waals surface area contributed by atoms with Gasteiger partial charge < -0.3 is 9.47 Å². The van der Waals surface area contributed by atoms with E-state index in [-0.39, 0.29) is 17.3 Å². The molecule has 0 fully saturated rings. The number of hydrazone groups is 1. The second-order valence-electron chi connectivity index (χ2n) is 7.63. The molecule has 0 unspecified atom stereocenters. The molecule has 7 nitrogen and oxygen atoms in total. The van der Waals surface area contributed by atoms with Gasteiger partial charge in [0.05, 0.1) is 12.2 Å². The van der Waals surface area contributed by atoms with Crippen LogP contribution >= 0.6 is 23.4 Å². The number of fused-ring (bicyclic) bond motifs is 1. The minimum atomic E-state index is -0.462. The quantitative estimate of drug-likeness (QED) is 0.519. The molecule has 9 heteroatoms. The maximum absolute atomic E-state index is 12.6. The zero-order valence-corrected chi connectivity index (χ0v) is 20.0. The fourth-order valence-corrected chi connectivity index (χ4v) is 4.26. The lowest BCUT2D eigenvalue weighted by Crippen LogP contribution is -2.35. The molecule has 4 rings (SSSR count). The molecule has 1 amide bonds. The molecule has 2 aliphatic rings. The number of rotatable bonds is 7. The minimum absolute atomic E-state index is 0.00477. The van der Waals surface area contributed by atoms with E-state index in [0.29, 0.717) is 40.5 Å². The highest BCUT2D eigenvalue weighted by molar-refractivity contribution is 8.27.